The fourth-order valence-electron chi connectivity index (χ4n) is 9.84. The first-order chi connectivity index (χ1) is 36.8. The Bertz CT molecular complexity index is 3230. The highest BCUT2D eigenvalue weighted by Gasteiger charge is 2.27. The number of hydrogen-bond donors (Lipinski definition) is 2. The third-order valence-electron chi connectivity index (χ3n) is 14.0. The Labute approximate surface area is 459 Å². The van der Waals surface area contributed by atoms with Crippen molar-refractivity contribution < 1.29 is 29.3 Å². The van der Waals surface area contributed by atoms with Gasteiger partial charge in [0, 0.05) is 46.2 Å². The fourth-order valence-corrected chi connectivity index (χ4v) is 9.84. The second kappa shape index (κ2) is 22.8. The first-order valence-electron chi connectivity index (χ1n) is 26.7. The summed E-state index contributed by atoms with van der Waals surface area (Å²) in [6.07, 6.45) is 0.700. The van der Waals surface area contributed by atoms with Crippen LogP contribution < -0.4 is 0 Å². The zero-order valence-corrected chi connectivity index (χ0v) is 47.7. The maximum absolute atomic E-state index is 13.3. The third-order valence-corrected chi connectivity index (χ3v) is 14.0. The first-order valence-corrected chi connectivity index (χ1v) is 26.7. The van der Waals surface area contributed by atoms with Gasteiger partial charge >= 0.3 is 11.9 Å². The van der Waals surface area contributed by atoms with Crippen molar-refractivity contribution in [2.24, 2.45) is 0 Å². The summed E-state index contributed by atoms with van der Waals surface area (Å²) in [6.45, 7) is 28.2. The second-order valence-corrected chi connectivity index (χ2v) is 22.9. The van der Waals surface area contributed by atoms with Crippen LogP contribution in [0.4, 0.5) is 0 Å². The van der Waals surface area contributed by atoms with Crippen molar-refractivity contribution in [3.05, 3.63) is 164 Å². The van der Waals surface area contributed by atoms with Gasteiger partial charge in [-0.1, -0.05) is 149 Å². The number of nitrogens with zero attached hydrogens (tertiary/aromatic N) is 6. The molecule has 2 aromatic heterocycles. The van der Waals surface area contributed by atoms with E-state index < -0.39 is 22.8 Å². The maximum Gasteiger partial charge on any atom is 0.306 e. The van der Waals surface area contributed by atoms with Gasteiger partial charge in [0.1, 0.15) is 24.7 Å². The first kappa shape index (κ1) is 56.1. The molecule has 12 nitrogen and oxygen atoms in total. The highest BCUT2D eigenvalue weighted by atomic mass is 16.6. The van der Waals surface area contributed by atoms with Crippen LogP contribution in [0.15, 0.2) is 97.1 Å². The van der Waals surface area contributed by atoms with Gasteiger partial charge in [0.15, 0.2) is 34.9 Å². The normalized spacial score (nSPS) is 11.7. The van der Waals surface area contributed by atoms with Gasteiger partial charge in [0.05, 0.1) is 11.1 Å². The van der Waals surface area contributed by atoms with E-state index in [1.807, 2.05) is 170 Å². The smallest absolute Gasteiger partial charge is 0.306 e. The van der Waals surface area contributed by atoms with Crippen molar-refractivity contribution >= 4 is 11.9 Å². The number of hydrogen-bond acceptors (Lipinski definition) is 12. The van der Waals surface area contributed by atoms with E-state index in [2.05, 4.69) is 24.3 Å². The lowest BCUT2D eigenvalue weighted by Crippen LogP contribution is -2.16. The van der Waals surface area contributed by atoms with Crippen LogP contribution in [0.2, 0.25) is 0 Å². The predicted molar refractivity (Wildman–Crippen MR) is 309 cm³/mol. The Hall–Kier alpha value is -8.12. The van der Waals surface area contributed by atoms with Gasteiger partial charge in [-0.15, -0.1) is 0 Å². The van der Waals surface area contributed by atoms with Crippen LogP contribution in [0.5, 0.6) is 11.5 Å². The molecule has 0 aliphatic heterocycles. The molecule has 0 bridgehead atoms. The molecule has 0 amide bonds. The summed E-state index contributed by atoms with van der Waals surface area (Å²) < 4.78 is 11.2. The summed E-state index contributed by atoms with van der Waals surface area (Å²) in [5.41, 5.74) is 14.9. The van der Waals surface area contributed by atoms with Gasteiger partial charge in [-0.05, 0) is 125 Å². The number of aromatic nitrogens is 6. The van der Waals surface area contributed by atoms with Crippen molar-refractivity contribution in [2.45, 2.75) is 133 Å². The highest BCUT2D eigenvalue weighted by Crippen LogP contribution is 2.42. The van der Waals surface area contributed by atoms with Crippen LogP contribution in [0.3, 0.4) is 0 Å². The summed E-state index contributed by atoms with van der Waals surface area (Å²) in [6, 6.07) is 32.1. The average Bonchev–Trinajstić information content (AvgIpc) is 3.41. The van der Waals surface area contributed by atoms with Crippen molar-refractivity contribution in [3.8, 4) is 79.8 Å². The molecule has 0 aliphatic carbocycles. The van der Waals surface area contributed by atoms with E-state index in [0.29, 0.717) is 70.0 Å². The Balaban J connectivity index is 0.963. The van der Waals surface area contributed by atoms with E-state index in [-0.39, 0.29) is 37.6 Å². The molecule has 8 rings (SSSR count). The lowest BCUT2D eigenvalue weighted by Gasteiger charge is -2.23. The Kier molecular flexibility index (Phi) is 16.4. The molecule has 0 saturated carbocycles. The van der Waals surface area contributed by atoms with E-state index in [1.165, 1.54) is 0 Å². The summed E-state index contributed by atoms with van der Waals surface area (Å²) >= 11 is 0. The van der Waals surface area contributed by atoms with Crippen LogP contribution >= 0.6 is 0 Å². The molecule has 0 fully saturated rings. The monoisotopic (exact) mass is 1040 g/mol. The van der Waals surface area contributed by atoms with Crippen LogP contribution in [-0.4, -0.2) is 65.3 Å². The van der Waals surface area contributed by atoms with E-state index >= 15 is 0 Å². The zero-order chi connectivity index (χ0) is 56.4. The molecule has 8 aromatic rings. The van der Waals surface area contributed by atoms with Crippen molar-refractivity contribution in [1.82, 2.24) is 29.9 Å². The number of aryl methyl sites for hydroxylation is 10. The molecule has 12 heteroatoms. The molecule has 2 heterocycles. The van der Waals surface area contributed by atoms with Crippen LogP contribution in [-0.2, 0) is 42.7 Å². The van der Waals surface area contributed by atoms with Crippen LogP contribution in [0, 0.1) is 55.4 Å². The molecule has 2 N–H and O–H groups in total. The fraction of sp³-hybridized carbons (Fsp3) is 0.333. The molecular formula is C66H72N6O6. The molecule has 0 spiro atoms. The predicted octanol–water partition coefficient (Wildman–Crippen LogP) is 14.2. The molecule has 0 atom stereocenters. The van der Waals surface area contributed by atoms with E-state index in [0.717, 1.165) is 77.9 Å². The number of phenolic OH excluding ortho intramolecular Hbond substituents is 2. The number of phenols is 2. The molecular weight excluding hydrogens is 973 g/mol. The molecule has 6 aromatic carbocycles. The maximum atomic E-state index is 13.3. The number of carbonyl (C=O) groups excluding carboxylic acids is 2. The minimum atomic E-state index is -0.469. The van der Waals surface area contributed by atoms with Crippen LogP contribution in [0.1, 0.15) is 121 Å². The SMILES string of the molecule is Cc1ccc(-c2nc(-c3ccc(C)cc3C)nc(-c3cc(CCC(=O)OCCOC(=O)CCc4cc(-c5nc(-c6ccc(C)cc6C)nc(-c6ccc(C)cc6C)n5)c(O)c(C(C)(C)C)c4)cc(C(C)(C)C)c3O)n2)c(C)c1. The van der Waals surface area contributed by atoms with Gasteiger partial charge in [-0.3, -0.25) is 9.59 Å². The number of esters is 2. The standard InChI is InChI=1S/C66H72N6O6/c1-37-15-21-47(41(5)29-37)59-67-60(48-22-16-38(2)30-42(48)6)70-63(69-59)51-33-45(35-53(57(51)75)65(9,10)11)19-25-55(73)77-27-28-78-56(74)26-20-46-34-52(58(76)54(36-46)66(12,13)14)64-71-61(49-23-17-39(3)31-43(49)7)68-62(72-64)50-24-18-40(4)32-44(50)8/h15-18,21-24,29-36,75-76H,19-20,25-28H2,1-14H3. The quantitative estimate of drug-likeness (QED) is 0.0737. The summed E-state index contributed by atoms with van der Waals surface area (Å²) in [4.78, 5) is 56.4. The Morgan fingerprint density at radius 2 is 0.641 bits per heavy atom. The Morgan fingerprint density at radius 1 is 0.385 bits per heavy atom. The Morgan fingerprint density at radius 3 is 0.885 bits per heavy atom. The summed E-state index contributed by atoms with van der Waals surface area (Å²) in [7, 11) is 0. The van der Waals surface area contributed by atoms with Gasteiger partial charge in [0.25, 0.3) is 0 Å². The van der Waals surface area contributed by atoms with E-state index in [9.17, 15) is 19.8 Å². The van der Waals surface area contributed by atoms with E-state index in [4.69, 9.17) is 39.4 Å². The largest absolute Gasteiger partial charge is 0.507 e. The highest BCUT2D eigenvalue weighted by molar-refractivity contribution is 5.77. The van der Waals surface area contributed by atoms with Gasteiger partial charge in [0.2, 0.25) is 0 Å². The van der Waals surface area contributed by atoms with Gasteiger partial charge in [-0.2, -0.15) is 0 Å². The number of rotatable bonds is 15. The molecule has 0 radical (unpaired) electrons. The third kappa shape index (κ3) is 13.0. The van der Waals surface area contributed by atoms with Crippen molar-refractivity contribution in [1.29, 1.82) is 0 Å². The number of ether oxygens (including phenoxy) is 2. The average molecular weight is 1050 g/mol. The minimum Gasteiger partial charge on any atom is -0.507 e. The topological polar surface area (TPSA) is 170 Å². The van der Waals surface area contributed by atoms with Gasteiger partial charge in [-0.25, -0.2) is 29.9 Å². The number of benzene rings is 6. The lowest BCUT2D eigenvalue weighted by atomic mass is 9.83. The van der Waals surface area contributed by atoms with Crippen LogP contribution in [0.25, 0.3) is 68.3 Å². The van der Waals surface area contributed by atoms with E-state index in [1.54, 1.807) is 0 Å². The number of carbonyl (C=O) groups is 2. The molecule has 78 heavy (non-hydrogen) atoms. The van der Waals surface area contributed by atoms with Gasteiger partial charge < -0.3 is 19.7 Å². The minimum absolute atomic E-state index is 0.0410. The number of aromatic hydroxyl groups is 2. The zero-order valence-electron chi connectivity index (χ0n) is 47.7. The summed E-state index contributed by atoms with van der Waals surface area (Å²) in [5, 5.41) is 23.9. The lowest BCUT2D eigenvalue weighted by molar-refractivity contribution is -0.152. The van der Waals surface area contributed by atoms with Crippen molar-refractivity contribution in [3.63, 3.8) is 0 Å². The second-order valence-electron chi connectivity index (χ2n) is 22.9. The summed E-state index contributed by atoms with van der Waals surface area (Å²) in [5.74, 6) is 1.80. The molecule has 0 unspecified atom stereocenters. The molecule has 0 saturated heterocycles. The van der Waals surface area contributed by atoms with Crippen molar-refractivity contribution in [2.75, 3.05) is 13.2 Å². The molecule has 0 aliphatic rings. The molecule has 402 valence electrons.